The highest BCUT2D eigenvalue weighted by atomic mass is 32.2. The molecule has 0 aliphatic heterocycles. The Balaban J connectivity index is 2.43. The highest BCUT2D eigenvalue weighted by Gasteiger charge is 2.30. The molecule has 0 saturated carbocycles. The fraction of sp³-hybridized carbons (Fsp3) is 0.417. The van der Waals surface area contributed by atoms with E-state index in [0.717, 1.165) is 32.8 Å². The van der Waals surface area contributed by atoms with Crippen molar-refractivity contribution in [2.75, 3.05) is 23.7 Å². The van der Waals surface area contributed by atoms with Gasteiger partial charge in [0.25, 0.3) is 0 Å². The van der Waals surface area contributed by atoms with Crippen molar-refractivity contribution in [3.63, 3.8) is 0 Å². The van der Waals surface area contributed by atoms with E-state index < -0.39 is 28.5 Å². The average Bonchev–Trinajstić information content (AvgIpc) is 2.69. The van der Waals surface area contributed by atoms with Crippen LogP contribution in [0.25, 0.3) is 0 Å². The lowest BCUT2D eigenvalue weighted by atomic mass is 10.1. The Labute approximate surface area is 191 Å². The zero-order chi connectivity index (χ0) is 24.1. The van der Waals surface area contributed by atoms with E-state index in [4.69, 9.17) is 0 Å². The standard InChI is InChI=1S/C24H33N3O4S/c1-7-25-24(29)20(5)26(15-21-11-9-8-10-19(21)4)23(28)16-27(32(6,30)31)22-13-17(2)12-18(3)14-22/h8-14,20H,7,15-16H2,1-6H3,(H,25,29)/t20-/m1/s1. The van der Waals surface area contributed by atoms with Gasteiger partial charge in [-0.3, -0.25) is 13.9 Å². The fourth-order valence-electron chi connectivity index (χ4n) is 3.58. The van der Waals surface area contributed by atoms with Crippen LogP contribution in [0.15, 0.2) is 42.5 Å². The molecule has 2 aromatic rings. The molecule has 0 aromatic heterocycles. The van der Waals surface area contributed by atoms with Gasteiger partial charge in [-0.15, -0.1) is 0 Å². The number of amides is 2. The van der Waals surface area contributed by atoms with Gasteiger partial charge in [-0.1, -0.05) is 30.3 Å². The summed E-state index contributed by atoms with van der Waals surface area (Å²) in [7, 11) is -3.73. The Hall–Kier alpha value is -2.87. The van der Waals surface area contributed by atoms with Crippen molar-refractivity contribution in [1.29, 1.82) is 0 Å². The predicted molar refractivity (Wildman–Crippen MR) is 128 cm³/mol. The Morgan fingerprint density at radius 1 is 1.03 bits per heavy atom. The first kappa shape index (κ1) is 25.4. The molecule has 32 heavy (non-hydrogen) atoms. The van der Waals surface area contributed by atoms with Gasteiger partial charge < -0.3 is 10.2 Å². The number of nitrogens with zero attached hydrogens (tertiary/aromatic N) is 2. The van der Waals surface area contributed by atoms with E-state index in [1.807, 2.05) is 58.0 Å². The molecule has 0 bridgehead atoms. The lowest BCUT2D eigenvalue weighted by molar-refractivity contribution is -0.139. The summed E-state index contributed by atoms with van der Waals surface area (Å²) in [5.41, 5.74) is 4.11. The number of hydrogen-bond donors (Lipinski definition) is 1. The number of hydrogen-bond acceptors (Lipinski definition) is 4. The molecule has 174 valence electrons. The van der Waals surface area contributed by atoms with Crippen LogP contribution in [-0.2, 0) is 26.2 Å². The van der Waals surface area contributed by atoms with Crippen molar-refractivity contribution in [1.82, 2.24) is 10.2 Å². The summed E-state index contributed by atoms with van der Waals surface area (Å²) in [4.78, 5) is 27.5. The number of nitrogens with one attached hydrogen (secondary N) is 1. The molecule has 0 saturated heterocycles. The summed E-state index contributed by atoms with van der Waals surface area (Å²) >= 11 is 0. The number of rotatable bonds is 9. The Morgan fingerprint density at radius 3 is 2.16 bits per heavy atom. The molecule has 0 aliphatic carbocycles. The maximum absolute atomic E-state index is 13.4. The van der Waals surface area contributed by atoms with Gasteiger partial charge in [0.05, 0.1) is 11.9 Å². The predicted octanol–water partition coefficient (Wildman–Crippen LogP) is 2.93. The van der Waals surface area contributed by atoms with Crippen molar-refractivity contribution in [2.24, 2.45) is 0 Å². The molecule has 0 heterocycles. The second-order valence-electron chi connectivity index (χ2n) is 8.13. The van der Waals surface area contributed by atoms with E-state index in [1.54, 1.807) is 19.1 Å². The molecule has 0 unspecified atom stereocenters. The topological polar surface area (TPSA) is 86.8 Å². The van der Waals surface area contributed by atoms with E-state index >= 15 is 0 Å². The van der Waals surface area contributed by atoms with Gasteiger partial charge in [0.2, 0.25) is 21.8 Å². The van der Waals surface area contributed by atoms with Crippen molar-refractivity contribution in [2.45, 2.75) is 47.2 Å². The van der Waals surface area contributed by atoms with Gasteiger partial charge in [0, 0.05) is 13.1 Å². The van der Waals surface area contributed by atoms with Crippen LogP contribution in [0.2, 0.25) is 0 Å². The van der Waals surface area contributed by atoms with Crippen molar-refractivity contribution < 1.29 is 18.0 Å². The summed E-state index contributed by atoms with van der Waals surface area (Å²) < 4.78 is 26.3. The maximum atomic E-state index is 13.4. The number of likely N-dealkylation sites (N-methyl/N-ethyl adjacent to an activating group) is 1. The van der Waals surface area contributed by atoms with Crippen LogP contribution in [0.1, 0.15) is 36.1 Å². The normalized spacial score (nSPS) is 12.2. The smallest absolute Gasteiger partial charge is 0.244 e. The van der Waals surface area contributed by atoms with E-state index in [9.17, 15) is 18.0 Å². The highest BCUT2D eigenvalue weighted by Crippen LogP contribution is 2.22. The third kappa shape index (κ3) is 6.56. The zero-order valence-electron chi connectivity index (χ0n) is 19.7. The van der Waals surface area contributed by atoms with E-state index in [0.29, 0.717) is 12.2 Å². The zero-order valence-corrected chi connectivity index (χ0v) is 20.5. The largest absolute Gasteiger partial charge is 0.355 e. The van der Waals surface area contributed by atoms with E-state index in [-0.39, 0.29) is 12.5 Å². The second-order valence-corrected chi connectivity index (χ2v) is 10.0. The minimum atomic E-state index is -3.73. The molecule has 2 rings (SSSR count). The number of carbonyl (C=O) groups is 2. The van der Waals surface area contributed by atoms with Crippen LogP contribution < -0.4 is 9.62 Å². The van der Waals surface area contributed by atoms with Crippen LogP contribution in [0.5, 0.6) is 0 Å². The molecular weight excluding hydrogens is 426 g/mol. The van der Waals surface area contributed by atoms with Gasteiger partial charge in [-0.2, -0.15) is 0 Å². The molecule has 1 atom stereocenters. The third-order valence-corrected chi connectivity index (χ3v) is 6.43. The first-order valence-electron chi connectivity index (χ1n) is 10.6. The van der Waals surface area contributed by atoms with Crippen molar-refractivity contribution >= 4 is 27.5 Å². The lowest BCUT2D eigenvalue weighted by Gasteiger charge is -2.32. The quantitative estimate of drug-likeness (QED) is 0.625. The lowest BCUT2D eigenvalue weighted by Crippen LogP contribution is -2.51. The summed E-state index contributed by atoms with van der Waals surface area (Å²) in [5.74, 6) is -0.733. The molecule has 0 fully saturated rings. The van der Waals surface area contributed by atoms with Crippen molar-refractivity contribution in [3.05, 3.63) is 64.7 Å². The highest BCUT2D eigenvalue weighted by molar-refractivity contribution is 7.92. The van der Waals surface area contributed by atoms with Gasteiger partial charge in [-0.05, 0) is 69.0 Å². The Kier molecular flexibility index (Phi) is 8.44. The molecule has 8 heteroatoms. The van der Waals surface area contributed by atoms with Crippen LogP contribution in [0, 0.1) is 20.8 Å². The molecule has 2 amide bonds. The summed E-state index contributed by atoms with van der Waals surface area (Å²) in [6.45, 7) is 9.40. The minimum absolute atomic E-state index is 0.203. The number of carbonyl (C=O) groups excluding carboxylic acids is 2. The minimum Gasteiger partial charge on any atom is -0.355 e. The van der Waals surface area contributed by atoms with Crippen LogP contribution in [0.3, 0.4) is 0 Å². The monoisotopic (exact) mass is 459 g/mol. The maximum Gasteiger partial charge on any atom is 0.244 e. The molecule has 2 aromatic carbocycles. The molecule has 7 nitrogen and oxygen atoms in total. The number of sulfonamides is 1. The molecule has 0 aliphatic rings. The summed E-state index contributed by atoms with van der Waals surface area (Å²) in [5, 5.41) is 2.75. The average molecular weight is 460 g/mol. The molecule has 0 radical (unpaired) electrons. The fourth-order valence-corrected chi connectivity index (χ4v) is 4.42. The molecule has 0 spiro atoms. The number of anilines is 1. The SMILES string of the molecule is CCNC(=O)[C@@H](C)N(Cc1ccccc1C)C(=O)CN(c1cc(C)cc(C)c1)S(C)(=O)=O. The number of benzene rings is 2. The van der Waals surface area contributed by atoms with Gasteiger partial charge in [0.1, 0.15) is 12.6 Å². The van der Waals surface area contributed by atoms with Crippen molar-refractivity contribution in [3.8, 4) is 0 Å². The van der Waals surface area contributed by atoms with E-state index in [2.05, 4.69) is 5.32 Å². The summed E-state index contributed by atoms with van der Waals surface area (Å²) in [6.07, 6.45) is 1.08. The van der Waals surface area contributed by atoms with Crippen LogP contribution in [0.4, 0.5) is 5.69 Å². The third-order valence-electron chi connectivity index (χ3n) is 5.29. The first-order chi connectivity index (χ1) is 14.9. The first-order valence-corrected chi connectivity index (χ1v) is 12.5. The van der Waals surface area contributed by atoms with Crippen LogP contribution in [-0.4, -0.2) is 50.5 Å². The number of aryl methyl sites for hydroxylation is 3. The second kappa shape index (κ2) is 10.6. The Morgan fingerprint density at radius 2 is 1.62 bits per heavy atom. The summed E-state index contributed by atoms with van der Waals surface area (Å²) in [6, 6.07) is 12.3. The molecule has 1 N–H and O–H groups in total. The van der Waals surface area contributed by atoms with E-state index in [1.165, 1.54) is 4.90 Å². The van der Waals surface area contributed by atoms with Crippen LogP contribution >= 0.6 is 0 Å². The van der Waals surface area contributed by atoms with Gasteiger partial charge in [0.15, 0.2) is 0 Å². The molecular formula is C24H33N3O4S. The van der Waals surface area contributed by atoms with Gasteiger partial charge >= 0.3 is 0 Å². The van der Waals surface area contributed by atoms with Gasteiger partial charge in [-0.25, -0.2) is 8.42 Å². The Bertz CT molecular complexity index is 1060.